The minimum absolute atomic E-state index is 0.590. The average Bonchev–Trinajstić information content (AvgIpc) is 3.22. The third-order valence-corrected chi connectivity index (χ3v) is 4.98. The highest BCUT2D eigenvalue weighted by atomic mass is 16.3. The maximum atomic E-state index is 5.32. The molecule has 0 spiro atoms. The van der Waals surface area contributed by atoms with Gasteiger partial charge in [-0.25, -0.2) is 9.97 Å². The Morgan fingerprint density at radius 3 is 2.59 bits per heavy atom. The van der Waals surface area contributed by atoms with Crippen molar-refractivity contribution in [2.75, 3.05) is 28.6 Å². The Morgan fingerprint density at radius 1 is 1.07 bits per heavy atom. The van der Waals surface area contributed by atoms with E-state index in [1.165, 1.54) is 18.5 Å². The van der Waals surface area contributed by atoms with Crippen molar-refractivity contribution in [2.24, 2.45) is 5.92 Å². The summed E-state index contributed by atoms with van der Waals surface area (Å²) in [6, 6.07) is 14.3. The van der Waals surface area contributed by atoms with Crippen molar-refractivity contribution in [1.82, 2.24) is 9.97 Å². The Bertz CT molecular complexity index is 839. The second-order valence-corrected chi connectivity index (χ2v) is 7.06. The smallest absolute Gasteiger partial charge is 0.135 e. The number of furan rings is 1. The van der Waals surface area contributed by atoms with Gasteiger partial charge in [-0.3, -0.25) is 0 Å². The average molecular weight is 363 g/mol. The molecule has 0 bridgehead atoms. The van der Waals surface area contributed by atoms with Gasteiger partial charge in [-0.1, -0.05) is 6.92 Å². The number of benzene rings is 1. The highest BCUT2D eigenvalue weighted by Crippen LogP contribution is 2.25. The second-order valence-electron chi connectivity index (χ2n) is 7.06. The third kappa shape index (κ3) is 4.58. The second kappa shape index (κ2) is 8.12. The molecule has 1 fully saturated rings. The summed E-state index contributed by atoms with van der Waals surface area (Å²) in [5.41, 5.74) is 2.30. The van der Waals surface area contributed by atoms with Crippen LogP contribution in [0.25, 0.3) is 0 Å². The number of anilines is 4. The number of hydrogen-bond donors (Lipinski definition) is 2. The SMILES string of the molecule is CC1CCN(c2ccc(Nc3cc(NCc4ccco4)ncn3)cc2)CC1. The predicted octanol–water partition coefficient (Wildman–Crippen LogP) is 4.66. The molecular formula is C21H25N5O. The molecular weight excluding hydrogens is 338 g/mol. The summed E-state index contributed by atoms with van der Waals surface area (Å²) in [5, 5.41) is 6.58. The van der Waals surface area contributed by atoms with E-state index in [1.54, 1.807) is 12.6 Å². The molecule has 27 heavy (non-hydrogen) atoms. The standard InChI is InChI=1S/C21H25N5O/c1-16-8-10-26(11-9-16)18-6-4-17(5-7-18)25-21-13-20(23-15-24-21)22-14-19-3-2-12-27-19/h2-7,12-13,15-16H,8-11,14H2,1H3,(H2,22,23,24,25). The van der Waals surface area contributed by atoms with Crippen LogP contribution < -0.4 is 15.5 Å². The van der Waals surface area contributed by atoms with Gasteiger partial charge in [-0.15, -0.1) is 0 Å². The van der Waals surface area contributed by atoms with Gasteiger partial charge in [0.25, 0.3) is 0 Å². The summed E-state index contributed by atoms with van der Waals surface area (Å²) in [6.07, 6.45) is 5.76. The summed E-state index contributed by atoms with van der Waals surface area (Å²) in [4.78, 5) is 11.0. The largest absolute Gasteiger partial charge is 0.467 e. The predicted molar refractivity (Wildman–Crippen MR) is 108 cm³/mol. The lowest BCUT2D eigenvalue weighted by atomic mass is 9.99. The minimum Gasteiger partial charge on any atom is -0.467 e. The van der Waals surface area contributed by atoms with Crippen LogP contribution in [0.4, 0.5) is 23.0 Å². The molecule has 0 atom stereocenters. The molecule has 3 heterocycles. The van der Waals surface area contributed by atoms with E-state index in [1.807, 2.05) is 18.2 Å². The zero-order valence-electron chi connectivity index (χ0n) is 15.6. The van der Waals surface area contributed by atoms with E-state index in [2.05, 4.69) is 56.7 Å². The molecule has 3 aromatic rings. The van der Waals surface area contributed by atoms with Crippen molar-refractivity contribution in [2.45, 2.75) is 26.3 Å². The molecule has 1 aromatic carbocycles. The lowest BCUT2D eigenvalue weighted by Crippen LogP contribution is -2.32. The van der Waals surface area contributed by atoms with Crippen molar-refractivity contribution in [3.05, 3.63) is 60.8 Å². The van der Waals surface area contributed by atoms with E-state index in [-0.39, 0.29) is 0 Å². The highest BCUT2D eigenvalue weighted by Gasteiger charge is 2.15. The van der Waals surface area contributed by atoms with Crippen molar-refractivity contribution < 1.29 is 4.42 Å². The molecule has 2 aromatic heterocycles. The summed E-state index contributed by atoms with van der Waals surface area (Å²) in [7, 11) is 0. The van der Waals surface area contributed by atoms with E-state index >= 15 is 0 Å². The molecule has 2 N–H and O–H groups in total. The highest BCUT2D eigenvalue weighted by molar-refractivity contribution is 5.62. The Balaban J connectivity index is 1.36. The molecule has 6 nitrogen and oxygen atoms in total. The molecule has 1 aliphatic heterocycles. The molecule has 140 valence electrons. The van der Waals surface area contributed by atoms with E-state index in [0.717, 1.165) is 42.1 Å². The van der Waals surface area contributed by atoms with Gasteiger partial charge < -0.3 is 20.0 Å². The fraction of sp³-hybridized carbons (Fsp3) is 0.333. The Kier molecular flexibility index (Phi) is 5.23. The van der Waals surface area contributed by atoms with Gasteiger partial charge in [-0.2, -0.15) is 0 Å². The van der Waals surface area contributed by atoms with Crippen LogP contribution >= 0.6 is 0 Å². The zero-order valence-corrected chi connectivity index (χ0v) is 15.6. The van der Waals surface area contributed by atoms with Crippen molar-refractivity contribution in [3.63, 3.8) is 0 Å². The van der Waals surface area contributed by atoms with Crippen LogP contribution in [0.2, 0.25) is 0 Å². The molecule has 0 unspecified atom stereocenters. The maximum Gasteiger partial charge on any atom is 0.135 e. The normalized spacial score (nSPS) is 14.9. The monoisotopic (exact) mass is 363 g/mol. The molecule has 0 aliphatic carbocycles. The van der Waals surface area contributed by atoms with Gasteiger partial charge in [0.2, 0.25) is 0 Å². The first-order valence-corrected chi connectivity index (χ1v) is 9.46. The minimum atomic E-state index is 0.590. The lowest BCUT2D eigenvalue weighted by molar-refractivity contribution is 0.438. The topological polar surface area (TPSA) is 66.2 Å². The van der Waals surface area contributed by atoms with Crippen LogP contribution in [0.3, 0.4) is 0 Å². The number of nitrogens with zero attached hydrogens (tertiary/aromatic N) is 3. The molecule has 1 aliphatic rings. The number of rotatable bonds is 6. The lowest BCUT2D eigenvalue weighted by Gasteiger charge is -2.32. The molecule has 6 heteroatoms. The first-order chi connectivity index (χ1) is 13.3. The van der Waals surface area contributed by atoms with Crippen LogP contribution in [-0.4, -0.2) is 23.1 Å². The van der Waals surface area contributed by atoms with Crippen molar-refractivity contribution in [3.8, 4) is 0 Å². The van der Waals surface area contributed by atoms with Crippen LogP contribution in [0.15, 0.2) is 59.5 Å². The van der Waals surface area contributed by atoms with Gasteiger partial charge in [0.05, 0.1) is 12.8 Å². The van der Waals surface area contributed by atoms with Crippen LogP contribution in [0.1, 0.15) is 25.5 Å². The first kappa shape index (κ1) is 17.4. The van der Waals surface area contributed by atoms with E-state index in [0.29, 0.717) is 6.54 Å². The fourth-order valence-electron chi connectivity index (χ4n) is 3.28. The molecule has 4 rings (SSSR count). The van der Waals surface area contributed by atoms with Crippen molar-refractivity contribution in [1.29, 1.82) is 0 Å². The van der Waals surface area contributed by atoms with Gasteiger partial charge >= 0.3 is 0 Å². The Morgan fingerprint density at radius 2 is 1.85 bits per heavy atom. The molecule has 0 amide bonds. The summed E-state index contributed by atoms with van der Waals surface area (Å²) in [6.45, 7) is 5.21. The van der Waals surface area contributed by atoms with Crippen LogP contribution in [0, 0.1) is 5.92 Å². The van der Waals surface area contributed by atoms with Crippen molar-refractivity contribution >= 4 is 23.0 Å². The van der Waals surface area contributed by atoms with Gasteiger partial charge in [0.15, 0.2) is 0 Å². The van der Waals surface area contributed by atoms with Crippen LogP contribution in [-0.2, 0) is 6.54 Å². The van der Waals surface area contributed by atoms with E-state index in [4.69, 9.17) is 4.42 Å². The molecule has 0 saturated carbocycles. The number of aromatic nitrogens is 2. The van der Waals surface area contributed by atoms with Crippen LogP contribution in [0.5, 0.6) is 0 Å². The summed E-state index contributed by atoms with van der Waals surface area (Å²) < 4.78 is 5.32. The summed E-state index contributed by atoms with van der Waals surface area (Å²) >= 11 is 0. The number of piperidine rings is 1. The van der Waals surface area contributed by atoms with Gasteiger partial charge in [0.1, 0.15) is 23.7 Å². The number of nitrogens with one attached hydrogen (secondary N) is 2. The molecule has 1 saturated heterocycles. The first-order valence-electron chi connectivity index (χ1n) is 9.46. The zero-order chi connectivity index (χ0) is 18.5. The number of hydrogen-bond acceptors (Lipinski definition) is 6. The third-order valence-electron chi connectivity index (χ3n) is 4.98. The van der Waals surface area contributed by atoms with Gasteiger partial charge in [0, 0.05) is 30.5 Å². The Labute approximate surface area is 159 Å². The maximum absolute atomic E-state index is 5.32. The summed E-state index contributed by atoms with van der Waals surface area (Å²) in [5.74, 6) is 3.22. The Hall–Kier alpha value is -3.02. The quantitative estimate of drug-likeness (QED) is 0.664. The van der Waals surface area contributed by atoms with E-state index < -0.39 is 0 Å². The van der Waals surface area contributed by atoms with Gasteiger partial charge in [-0.05, 0) is 55.2 Å². The fourth-order valence-corrected chi connectivity index (χ4v) is 3.28. The molecule has 0 radical (unpaired) electrons. The van der Waals surface area contributed by atoms with E-state index in [9.17, 15) is 0 Å².